The largest absolute Gasteiger partial charge is 0.480 e. The Bertz CT molecular complexity index is 636. The predicted octanol–water partition coefficient (Wildman–Crippen LogP) is 0.509. The number of nitrogens with one attached hydrogen (secondary N) is 1. The van der Waals surface area contributed by atoms with Crippen LogP contribution >= 0.6 is 0 Å². The van der Waals surface area contributed by atoms with E-state index in [1.807, 2.05) is 0 Å². The maximum absolute atomic E-state index is 13.4. The first-order valence-electron chi connectivity index (χ1n) is 5.70. The molecule has 0 spiro atoms. The highest BCUT2D eigenvalue weighted by atomic mass is 32.2. The fourth-order valence-corrected chi connectivity index (χ4v) is 4.23. The number of sulfonamides is 1. The summed E-state index contributed by atoms with van der Waals surface area (Å²) >= 11 is 0. The Balaban J connectivity index is 2.51. The van der Waals surface area contributed by atoms with Crippen molar-refractivity contribution in [1.82, 2.24) is 14.5 Å². The SMILES string of the molecule is Cc1n[nH]c(C)c1S(=O)(=O)N1CC(F)(F)C[C@@H]1C(=O)O. The van der Waals surface area contributed by atoms with Gasteiger partial charge in [0.2, 0.25) is 10.0 Å². The van der Waals surface area contributed by atoms with Gasteiger partial charge in [0.1, 0.15) is 10.9 Å². The van der Waals surface area contributed by atoms with Crippen molar-refractivity contribution in [2.24, 2.45) is 0 Å². The van der Waals surface area contributed by atoms with Crippen LogP contribution in [0.4, 0.5) is 8.78 Å². The molecule has 1 fully saturated rings. The van der Waals surface area contributed by atoms with E-state index >= 15 is 0 Å². The van der Waals surface area contributed by atoms with Crippen LogP contribution in [-0.2, 0) is 14.8 Å². The minimum absolute atomic E-state index is 0.113. The molecule has 2 heterocycles. The fourth-order valence-electron chi connectivity index (χ4n) is 2.29. The summed E-state index contributed by atoms with van der Waals surface area (Å²) in [4.78, 5) is 10.8. The van der Waals surface area contributed by atoms with Gasteiger partial charge in [0.15, 0.2) is 0 Å². The van der Waals surface area contributed by atoms with Gasteiger partial charge in [0.05, 0.1) is 17.9 Å². The van der Waals surface area contributed by atoms with E-state index in [4.69, 9.17) is 5.11 Å². The highest BCUT2D eigenvalue weighted by Crippen LogP contribution is 2.36. The number of hydrogen-bond donors (Lipinski definition) is 2. The number of rotatable bonds is 3. The van der Waals surface area contributed by atoms with Gasteiger partial charge in [-0.1, -0.05) is 0 Å². The van der Waals surface area contributed by atoms with Crippen molar-refractivity contribution >= 4 is 16.0 Å². The van der Waals surface area contributed by atoms with Crippen molar-refractivity contribution in [3.63, 3.8) is 0 Å². The van der Waals surface area contributed by atoms with Gasteiger partial charge < -0.3 is 5.11 Å². The van der Waals surface area contributed by atoms with Crippen LogP contribution in [-0.4, -0.2) is 52.5 Å². The lowest BCUT2D eigenvalue weighted by Gasteiger charge is -2.20. The number of carbonyl (C=O) groups is 1. The van der Waals surface area contributed by atoms with Crippen molar-refractivity contribution in [1.29, 1.82) is 0 Å². The van der Waals surface area contributed by atoms with Gasteiger partial charge in [-0.15, -0.1) is 0 Å². The van der Waals surface area contributed by atoms with Crippen molar-refractivity contribution < 1.29 is 27.1 Å². The maximum atomic E-state index is 13.4. The molecule has 1 aliphatic rings. The number of halogens is 2. The molecule has 1 atom stereocenters. The van der Waals surface area contributed by atoms with Crippen LogP contribution in [0.1, 0.15) is 17.8 Å². The molecule has 0 amide bonds. The molecule has 0 radical (unpaired) electrons. The zero-order valence-electron chi connectivity index (χ0n) is 10.7. The topological polar surface area (TPSA) is 103 Å². The molecule has 2 N–H and O–H groups in total. The number of aromatic amines is 1. The first kappa shape index (κ1) is 14.9. The molecule has 7 nitrogen and oxygen atoms in total. The Morgan fingerprint density at radius 1 is 1.50 bits per heavy atom. The minimum Gasteiger partial charge on any atom is -0.480 e. The number of carboxylic acid groups (broad SMARTS) is 1. The van der Waals surface area contributed by atoms with Crippen LogP contribution in [0.5, 0.6) is 0 Å². The molecule has 1 aromatic heterocycles. The number of alkyl halides is 2. The molecule has 10 heteroatoms. The molecule has 0 aliphatic carbocycles. The van der Waals surface area contributed by atoms with E-state index in [1.54, 1.807) is 0 Å². The van der Waals surface area contributed by atoms with Crippen molar-refractivity contribution in [2.75, 3.05) is 6.54 Å². The normalized spacial score (nSPS) is 23.1. The molecule has 1 aromatic rings. The highest BCUT2D eigenvalue weighted by Gasteiger charge is 2.53. The quantitative estimate of drug-likeness (QED) is 0.846. The van der Waals surface area contributed by atoms with Crippen molar-refractivity contribution in [3.8, 4) is 0 Å². The number of H-pyrrole nitrogens is 1. The van der Waals surface area contributed by atoms with Gasteiger partial charge in [0, 0.05) is 6.42 Å². The lowest BCUT2D eigenvalue weighted by molar-refractivity contribution is -0.141. The lowest BCUT2D eigenvalue weighted by Crippen LogP contribution is -2.41. The van der Waals surface area contributed by atoms with Gasteiger partial charge in [-0.2, -0.15) is 9.40 Å². The van der Waals surface area contributed by atoms with E-state index in [0.717, 1.165) is 0 Å². The van der Waals surface area contributed by atoms with E-state index in [9.17, 15) is 22.0 Å². The third-order valence-corrected chi connectivity index (χ3v) is 5.26. The second-order valence-electron chi connectivity index (χ2n) is 4.73. The summed E-state index contributed by atoms with van der Waals surface area (Å²) in [5.41, 5.74) is 0.295. The molecule has 1 saturated heterocycles. The van der Waals surface area contributed by atoms with Crippen LogP contribution < -0.4 is 0 Å². The number of aromatic nitrogens is 2. The summed E-state index contributed by atoms with van der Waals surface area (Å²) in [7, 11) is -4.34. The Labute approximate surface area is 113 Å². The minimum atomic E-state index is -4.34. The Morgan fingerprint density at radius 2 is 2.10 bits per heavy atom. The van der Waals surface area contributed by atoms with Crippen LogP contribution in [0.2, 0.25) is 0 Å². The maximum Gasteiger partial charge on any atom is 0.322 e. The fraction of sp³-hybridized carbons (Fsp3) is 0.600. The summed E-state index contributed by atoms with van der Waals surface area (Å²) in [6.45, 7) is 1.69. The molecule has 0 saturated carbocycles. The van der Waals surface area contributed by atoms with Gasteiger partial charge in [-0.05, 0) is 13.8 Å². The molecule has 2 rings (SSSR count). The van der Waals surface area contributed by atoms with E-state index in [-0.39, 0.29) is 16.3 Å². The molecule has 0 unspecified atom stereocenters. The summed E-state index contributed by atoms with van der Waals surface area (Å²) in [5.74, 6) is -4.95. The lowest BCUT2D eigenvalue weighted by atomic mass is 10.2. The third kappa shape index (κ3) is 2.29. The molecule has 20 heavy (non-hydrogen) atoms. The first-order chi connectivity index (χ1) is 9.06. The van der Waals surface area contributed by atoms with Crippen molar-refractivity contribution in [3.05, 3.63) is 11.4 Å². The standard InChI is InChI=1S/C10H13F2N3O4S/c1-5-8(6(2)14-13-5)20(18,19)15-4-10(11,12)3-7(15)9(16)17/h7H,3-4H2,1-2H3,(H,13,14)(H,16,17)/t7-/m1/s1. The van der Waals surface area contributed by atoms with E-state index in [1.165, 1.54) is 13.8 Å². The predicted molar refractivity (Wildman–Crippen MR) is 62.9 cm³/mol. The molecule has 0 bridgehead atoms. The second-order valence-corrected chi connectivity index (χ2v) is 6.55. The molecular weight excluding hydrogens is 296 g/mol. The van der Waals surface area contributed by atoms with Gasteiger partial charge in [-0.3, -0.25) is 9.89 Å². The smallest absolute Gasteiger partial charge is 0.322 e. The molecule has 112 valence electrons. The number of aliphatic carboxylic acids is 1. The van der Waals surface area contributed by atoms with Crippen LogP contribution in [0.3, 0.4) is 0 Å². The number of nitrogens with zero attached hydrogens (tertiary/aromatic N) is 2. The average molecular weight is 309 g/mol. The molecular formula is C10H13F2N3O4S. The average Bonchev–Trinajstić information content (AvgIpc) is 2.79. The third-order valence-electron chi connectivity index (χ3n) is 3.14. The van der Waals surface area contributed by atoms with Crippen molar-refractivity contribution in [2.45, 2.75) is 37.1 Å². The van der Waals surface area contributed by atoms with E-state index in [2.05, 4.69) is 10.2 Å². The number of carboxylic acids is 1. The van der Waals surface area contributed by atoms with Crippen LogP contribution in [0.15, 0.2) is 4.90 Å². The van der Waals surface area contributed by atoms with Gasteiger partial charge in [-0.25, -0.2) is 17.2 Å². The second kappa shape index (κ2) is 4.48. The zero-order valence-corrected chi connectivity index (χ0v) is 11.5. The first-order valence-corrected chi connectivity index (χ1v) is 7.14. The summed E-state index contributed by atoms with van der Waals surface area (Å²) in [5, 5.41) is 15.1. The van der Waals surface area contributed by atoms with E-state index < -0.39 is 40.9 Å². The Morgan fingerprint density at radius 3 is 2.55 bits per heavy atom. The summed E-state index contributed by atoms with van der Waals surface area (Å²) < 4.78 is 51.9. The van der Waals surface area contributed by atoms with Crippen LogP contribution in [0.25, 0.3) is 0 Å². The zero-order chi connectivity index (χ0) is 15.3. The summed E-state index contributed by atoms with van der Waals surface area (Å²) in [6, 6.07) is -1.77. The van der Waals surface area contributed by atoms with E-state index in [0.29, 0.717) is 4.31 Å². The van der Waals surface area contributed by atoms with Crippen LogP contribution in [0, 0.1) is 13.8 Å². The number of hydrogen-bond acceptors (Lipinski definition) is 4. The monoisotopic (exact) mass is 309 g/mol. The molecule has 0 aromatic carbocycles. The number of aryl methyl sites for hydroxylation is 2. The Kier molecular flexibility index (Phi) is 3.33. The Hall–Kier alpha value is -1.55. The van der Waals surface area contributed by atoms with Gasteiger partial charge >= 0.3 is 5.97 Å². The highest BCUT2D eigenvalue weighted by molar-refractivity contribution is 7.89. The van der Waals surface area contributed by atoms with Gasteiger partial charge in [0.25, 0.3) is 5.92 Å². The summed E-state index contributed by atoms with van der Waals surface area (Å²) in [6.07, 6.45) is -1.03. The molecule has 1 aliphatic heterocycles.